The second kappa shape index (κ2) is 5.99. The Hall–Kier alpha value is -1.65. The maximum atomic E-state index is 11.1. The van der Waals surface area contributed by atoms with Crippen LogP contribution < -0.4 is 4.90 Å². The average molecular weight is 263 g/mol. The summed E-state index contributed by atoms with van der Waals surface area (Å²) in [5.41, 5.74) is 0.123. The molecular weight excluding hydrogens is 242 g/mol. The third-order valence-electron chi connectivity index (χ3n) is 3.93. The Morgan fingerprint density at radius 1 is 1.63 bits per heavy atom. The molecule has 2 unspecified atom stereocenters. The van der Waals surface area contributed by atoms with Crippen molar-refractivity contribution in [2.45, 2.75) is 45.6 Å². The topological polar surface area (TPSA) is 59.3 Å². The molecule has 0 N–H and O–H groups in total. The summed E-state index contributed by atoms with van der Waals surface area (Å²) < 4.78 is 0. The SMILES string of the molecule is CCCC(C)C1CCCN1c1ncccc1[N+](=O)[O-]. The van der Waals surface area contributed by atoms with E-state index in [1.807, 2.05) is 0 Å². The van der Waals surface area contributed by atoms with Gasteiger partial charge >= 0.3 is 5.69 Å². The normalized spacial score (nSPS) is 20.5. The highest BCUT2D eigenvalue weighted by molar-refractivity contribution is 5.58. The largest absolute Gasteiger partial charge is 0.348 e. The Bertz CT molecular complexity index is 450. The van der Waals surface area contributed by atoms with Gasteiger partial charge in [-0.15, -0.1) is 0 Å². The molecule has 5 nitrogen and oxygen atoms in total. The lowest BCUT2D eigenvalue weighted by molar-refractivity contribution is -0.384. The number of nitro groups is 1. The van der Waals surface area contributed by atoms with Crippen LogP contribution in [-0.2, 0) is 0 Å². The number of anilines is 1. The highest BCUT2D eigenvalue weighted by Crippen LogP contribution is 2.34. The van der Waals surface area contributed by atoms with Crippen LogP contribution in [0.1, 0.15) is 39.5 Å². The minimum Gasteiger partial charge on any atom is -0.348 e. The van der Waals surface area contributed by atoms with Gasteiger partial charge < -0.3 is 4.90 Å². The standard InChI is InChI=1S/C14H21N3O2/c1-3-6-11(2)12-8-5-10-16(12)14-13(17(18)19)7-4-9-15-14/h4,7,9,11-12H,3,5-6,8,10H2,1-2H3. The van der Waals surface area contributed by atoms with Gasteiger partial charge in [0.15, 0.2) is 0 Å². The summed E-state index contributed by atoms with van der Waals surface area (Å²) in [6.07, 6.45) is 6.14. The highest BCUT2D eigenvalue weighted by Gasteiger charge is 2.33. The Labute approximate surface area is 113 Å². The monoisotopic (exact) mass is 263 g/mol. The molecule has 1 fully saturated rings. The molecule has 5 heteroatoms. The number of hydrogen-bond donors (Lipinski definition) is 0. The van der Waals surface area contributed by atoms with Crippen LogP contribution >= 0.6 is 0 Å². The zero-order valence-electron chi connectivity index (χ0n) is 11.6. The Morgan fingerprint density at radius 2 is 2.42 bits per heavy atom. The van der Waals surface area contributed by atoms with Crippen molar-refractivity contribution < 1.29 is 4.92 Å². The van der Waals surface area contributed by atoms with Crippen LogP contribution in [0.3, 0.4) is 0 Å². The Morgan fingerprint density at radius 3 is 3.11 bits per heavy atom. The lowest BCUT2D eigenvalue weighted by atomic mass is 9.95. The molecule has 1 aliphatic rings. The van der Waals surface area contributed by atoms with Gasteiger partial charge in [-0.25, -0.2) is 4.98 Å². The molecular formula is C14H21N3O2. The van der Waals surface area contributed by atoms with E-state index in [1.54, 1.807) is 18.3 Å². The van der Waals surface area contributed by atoms with Crippen LogP contribution in [0.4, 0.5) is 11.5 Å². The summed E-state index contributed by atoms with van der Waals surface area (Å²) in [4.78, 5) is 17.2. The van der Waals surface area contributed by atoms with E-state index < -0.39 is 0 Å². The second-order valence-electron chi connectivity index (χ2n) is 5.27. The van der Waals surface area contributed by atoms with Gasteiger partial charge in [-0.1, -0.05) is 20.3 Å². The first-order chi connectivity index (χ1) is 9.15. The van der Waals surface area contributed by atoms with Crippen molar-refractivity contribution >= 4 is 11.5 Å². The van der Waals surface area contributed by atoms with E-state index in [1.165, 1.54) is 0 Å². The molecule has 0 bridgehead atoms. The van der Waals surface area contributed by atoms with Crippen molar-refractivity contribution in [1.29, 1.82) is 0 Å². The number of rotatable bonds is 5. The summed E-state index contributed by atoms with van der Waals surface area (Å²) in [5, 5.41) is 11.1. The molecule has 1 aromatic rings. The summed E-state index contributed by atoms with van der Waals surface area (Å²) in [6, 6.07) is 3.55. The fraction of sp³-hybridized carbons (Fsp3) is 0.643. The van der Waals surface area contributed by atoms with Gasteiger partial charge in [0.25, 0.3) is 0 Å². The molecule has 1 aromatic heterocycles. The van der Waals surface area contributed by atoms with Crippen molar-refractivity contribution in [1.82, 2.24) is 4.98 Å². The summed E-state index contributed by atoms with van der Waals surface area (Å²) >= 11 is 0. The smallest absolute Gasteiger partial charge is 0.311 e. The lowest BCUT2D eigenvalue weighted by Gasteiger charge is -2.30. The molecule has 0 aromatic carbocycles. The van der Waals surface area contributed by atoms with Gasteiger partial charge in [-0.2, -0.15) is 0 Å². The Balaban J connectivity index is 2.27. The van der Waals surface area contributed by atoms with Gasteiger partial charge in [0.05, 0.1) is 4.92 Å². The van der Waals surface area contributed by atoms with E-state index in [0.717, 1.165) is 32.2 Å². The van der Waals surface area contributed by atoms with Crippen molar-refractivity contribution in [3.63, 3.8) is 0 Å². The van der Waals surface area contributed by atoms with Gasteiger partial charge in [-0.05, 0) is 31.2 Å². The predicted molar refractivity (Wildman–Crippen MR) is 75.3 cm³/mol. The molecule has 1 aliphatic heterocycles. The molecule has 104 valence electrons. The average Bonchev–Trinajstić information content (AvgIpc) is 2.88. The Kier molecular flexibility index (Phi) is 4.35. The van der Waals surface area contributed by atoms with Crippen LogP contribution in [0.15, 0.2) is 18.3 Å². The van der Waals surface area contributed by atoms with Crippen LogP contribution in [0.5, 0.6) is 0 Å². The van der Waals surface area contributed by atoms with Gasteiger partial charge in [0, 0.05) is 24.8 Å². The fourth-order valence-corrected chi connectivity index (χ4v) is 3.05. The maximum Gasteiger partial charge on any atom is 0.311 e. The first-order valence-electron chi connectivity index (χ1n) is 7.01. The van der Waals surface area contributed by atoms with E-state index in [-0.39, 0.29) is 10.6 Å². The quantitative estimate of drug-likeness (QED) is 0.603. The van der Waals surface area contributed by atoms with Crippen molar-refractivity contribution in [3.8, 4) is 0 Å². The van der Waals surface area contributed by atoms with E-state index in [9.17, 15) is 10.1 Å². The van der Waals surface area contributed by atoms with Crippen LogP contribution in [0, 0.1) is 16.0 Å². The molecule has 2 atom stereocenters. The molecule has 0 amide bonds. The molecule has 0 radical (unpaired) electrons. The van der Waals surface area contributed by atoms with Crippen LogP contribution in [0.2, 0.25) is 0 Å². The van der Waals surface area contributed by atoms with Gasteiger partial charge in [-0.3, -0.25) is 10.1 Å². The summed E-state index contributed by atoms with van der Waals surface area (Å²) in [5.74, 6) is 1.09. The second-order valence-corrected chi connectivity index (χ2v) is 5.27. The van der Waals surface area contributed by atoms with Gasteiger partial charge in [0.2, 0.25) is 5.82 Å². The van der Waals surface area contributed by atoms with Crippen molar-refractivity contribution in [3.05, 3.63) is 28.4 Å². The maximum absolute atomic E-state index is 11.1. The number of nitrogens with zero attached hydrogens (tertiary/aromatic N) is 3. The van der Waals surface area contributed by atoms with Crippen molar-refractivity contribution in [2.75, 3.05) is 11.4 Å². The minimum absolute atomic E-state index is 0.123. The zero-order valence-corrected chi connectivity index (χ0v) is 11.6. The third kappa shape index (κ3) is 2.85. The molecule has 0 aliphatic carbocycles. The highest BCUT2D eigenvalue weighted by atomic mass is 16.6. The molecule has 2 heterocycles. The number of hydrogen-bond acceptors (Lipinski definition) is 4. The fourth-order valence-electron chi connectivity index (χ4n) is 3.05. The molecule has 0 saturated carbocycles. The van der Waals surface area contributed by atoms with Crippen LogP contribution in [-0.4, -0.2) is 22.5 Å². The van der Waals surface area contributed by atoms with E-state index in [2.05, 4.69) is 23.7 Å². The van der Waals surface area contributed by atoms with E-state index >= 15 is 0 Å². The summed E-state index contributed by atoms with van der Waals surface area (Å²) in [7, 11) is 0. The zero-order chi connectivity index (χ0) is 13.8. The molecule has 0 spiro atoms. The minimum atomic E-state index is -0.331. The van der Waals surface area contributed by atoms with Gasteiger partial charge in [0.1, 0.15) is 0 Å². The molecule has 1 saturated heterocycles. The number of aromatic nitrogens is 1. The number of pyridine rings is 1. The molecule has 2 rings (SSSR count). The first kappa shape index (κ1) is 13.8. The third-order valence-corrected chi connectivity index (χ3v) is 3.93. The van der Waals surface area contributed by atoms with E-state index in [4.69, 9.17) is 0 Å². The summed E-state index contributed by atoms with van der Waals surface area (Å²) in [6.45, 7) is 5.29. The first-order valence-corrected chi connectivity index (χ1v) is 7.01. The van der Waals surface area contributed by atoms with E-state index in [0.29, 0.717) is 17.8 Å². The van der Waals surface area contributed by atoms with Crippen molar-refractivity contribution in [2.24, 2.45) is 5.92 Å². The molecule has 19 heavy (non-hydrogen) atoms. The predicted octanol–water partition coefficient (Wildman–Crippen LogP) is 3.39. The van der Waals surface area contributed by atoms with Crippen LogP contribution in [0.25, 0.3) is 0 Å². The lowest BCUT2D eigenvalue weighted by Crippen LogP contribution is -2.35.